The summed E-state index contributed by atoms with van der Waals surface area (Å²) in [7, 11) is 0. The summed E-state index contributed by atoms with van der Waals surface area (Å²) in [5, 5.41) is 0. The van der Waals surface area contributed by atoms with E-state index in [1.807, 2.05) is 0 Å². The van der Waals surface area contributed by atoms with Gasteiger partial charge in [-0.05, 0) is 6.08 Å². The molecule has 3 nitrogen and oxygen atoms in total. The summed E-state index contributed by atoms with van der Waals surface area (Å²) in [4.78, 5) is 20.0. The highest BCUT2D eigenvalue weighted by Crippen LogP contribution is 2.01. The van der Waals surface area contributed by atoms with Crippen molar-refractivity contribution >= 4 is 12.3 Å². The zero-order valence-electron chi connectivity index (χ0n) is 4.01. The van der Waals surface area contributed by atoms with E-state index in [2.05, 4.69) is 4.74 Å². The Bertz CT molecular complexity index is 157. The Labute approximate surface area is 45.9 Å². The summed E-state index contributed by atoms with van der Waals surface area (Å²) in [6, 6.07) is 0. The van der Waals surface area contributed by atoms with Gasteiger partial charge in [-0.2, -0.15) is 0 Å². The fourth-order valence-corrected chi connectivity index (χ4v) is 0.445. The van der Waals surface area contributed by atoms with Gasteiger partial charge in [0.1, 0.15) is 12.2 Å². The van der Waals surface area contributed by atoms with E-state index >= 15 is 0 Å². The Kier molecular flexibility index (Phi) is 1.12. The predicted molar refractivity (Wildman–Crippen MR) is 24.7 cm³/mol. The molecule has 0 aliphatic carbocycles. The van der Waals surface area contributed by atoms with Crippen molar-refractivity contribution in [3.63, 3.8) is 0 Å². The SMILES string of the molecule is O=[C]C1=CCOC1=O. The molecular weight excluding hydrogens is 108 g/mol. The number of carbonyl (C=O) groups excluding carboxylic acids is 2. The third kappa shape index (κ3) is 0.621. The quantitative estimate of drug-likeness (QED) is 0.341. The van der Waals surface area contributed by atoms with Crippen LogP contribution in [0, 0.1) is 0 Å². The molecule has 0 saturated heterocycles. The van der Waals surface area contributed by atoms with Crippen LogP contribution in [0.5, 0.6) is 0 Å². The van der Waals surface area contributed by atoms with Gasteiger partial charge in [-0.1, -0.05) is 0 Å². The molecule has 0 aromatic rings. The number of hydrogen-bond acceptors (Lipinski definition) is 3. The first-order chi connectivity index (χ1) is 3.84. The molecule has 8 heavy (non-hydrogen) atoms. The van der Waals surface area contributed by atoms with Crippen LogP contribution in [-0.2, 0) is 14.3 Å². The molecule has 0 aromatic carbocycles. The molecule has 3 heteroatoms. The van der Waals surface area contributed by atoms with E-state index in [1.165, 1.54) is 12.4 Å². The number of ether oxygens (including phenoxy) is 1. The van der Waals surface area contributed by atoms with Gasteiger partial charge in [0.2, 0.25) is 6.29 Å². The monoisotopic (exact) mass is 111 g/mol. The molecule has 0 unspecified atom stereocenters. The van der Waals surface area contributed by atoms with E-state index in [0.717, 1.165) is 0 Å². The van der Waals surface area contributed by atoms with Crippen LogP contribution in [0.25, 0.3) is 0 Å². The number of esters is 1. The highest BCUT2D eigenvalue weighted by atomic mass is 16.5. The van der Waals surface area contributed by atoms with Gasteiger partial charge in [0.05, 0.1) is 0 Å². The van der Waals surface area contributed by atoms with Crippen molar-refractivity contribution < 1.29 is 14.3 Å². The molecule has 1 radical (unpaired) electrons. The average Bonchev–Trinajstić information content (AvgIpc) is 2.14. The molecule has 0 amide bonds. The second kappa shape index (κ2) is 1.78. The Morgan fingerprint density at radius 3 is 2.75 bits per heavy atom. The lowest BCUT2D eigenvalue weighted by Crippen LogP contribution is -1.98. The molecular formula is C5H3O3. The van der Waals surface area contributed by atoms with Gasteiger partial charge in [0.25, 0.3) is 0 Å². The summed E-state index contributed by atoms with van der Waals surface area (Å²) in [6.45, 7) is 0.212. The van der Waals surface area contributed by atoms with E-state index in [4.69, 9.17) is 0 Å². The Morgan fingerprint density at radius 1 is 1.75 bits per heavy atom. The average molecular weight is 111 g/mol. The molecule has 1 aliphatic rings. The van der Waals surface area contributed by atoms with Gasteiger partial charge in [0.15, 0.2) is 0 Å². The van der Waals surface area contributed by atoms with Crippen molar-refractivity contribution in [3.8, 4) is 0 Å². The van der Waals surface area contributed by atoms with Crippen molar-refractivity contribution in [2.45, 2.75) is 0 Å². The zero-order chi connectivity index (χ0) is 5.98. The number of hydrogen-bond donors (Lipinski definition) is 0. The second-order valence-corrected chi connectivity index (χ2v) is 1.32. The van der Waals surface area contributed by atoms with Crippen molar-refractivity contribution in [1.82, 2.24) is 0 Å². The molecule has 0 fully saturated rings. The minimum atomic E-state index is -0.569. The lowest BCUT2D eigenvalue weighted by atomic mass is 10.3. The fourth-order valence-electron chi connectivity index (χ4n) is 0.445. The number of cyclic esters (lactones) is 1. The van der Waals surface area contributed by atoms with Crippen molar-refractivity contribution in [3.05, 3.63) is 11.6 Å². The first-order valence-electron chi connectivity index (χ1n) is 2.10. The second-order valence-electron chi connectivity index (χ2n) is 1.32. The molecule has 1 heterocycles. The molecule has 1 rings (SSSR count). The van der Waals surface area contributed by atoms with Gasteiger partial charge in [-0.15, -0.1) is 0 Å². The van der Waals surface area contributed by atoms with Crippen LogP contribution in [0.2, 0.25) is 0 Å². The molecule has 1 aliphatic heterocycles. The van der Waals surface area contributed by atoms with Gasteiger partial charge in [-0.3, -0.25) is 4.79 Å². The topological polar surface area (TPSA) is 43.4 Å². The summed E-state index contributed by atoms with van der Waals surface area (Å²) in [5.74, 6) is -0.569. The minimum absolute atomic E-state index is 0.00463. The zero-order valence-corrected chi connectivity index (χ0v) is 4.01. The molecule has 0 aromatic heterocycles. The van der Waals surface area contributed by atoms with Crippen molar-refractivity contribution in [1.29, 1.82) is 0 Å². The number of rotatable bonds is 1. The lowest BCUT2D eigenvalue weighted by molar-refractivity contribution is -0.135. The fraction of sp³-hybridized carbons (Fsp3) is 0.200. The minimum Gasteiger partial charge on any atom is -0.458 e. The summed E-state index contributed by atoms with van der Waals surface area (Å²) >= 11 is 0. The smallest absolute Gasteiger partial charge is 0.342 e. The molecule has 0 atom stereocenters. The van der Waals surface area contributed by atoms with E-state index in [0.29, 0.717) is 0 Å². The highest BCUT2D eigenvalue weighted by molar-refractivity contribution is 6.09. The highest BCUT2D eigenvalue weighted by Gasteiger charge is 2.15. The summed E-state index contributed by atoms with van der Waals surface area (Å²) in [5.41, 5.74) is 0.00463. The van der Waals surface area contributed by atoms with Gasteiger partial charge >= 0.3 is 5.97 Å². The van der Waals surface area contributed by atoms with Crippen LogP contribution < -0.4 is 0 Å². The van der Waals surface area contributed by atoms with Crippen LogP contribution in [0.15, 0.2) is 11.6 Å². The Hall–Kier alpha value is -1.12. The van der Waals surface area contributed by atoms with Crippen LogP contribution in [0.1, 0.15) is 0 Å². The Balaban J connectivity index is 2.76. The van der Waals surface area contributed by atoms with E-state index in [9.17, 15) is 9.59 Å². The molecule has 0 spiro atoms. The van der Waals surface area contributed by atoms with E-state index in [-0.39, 0.29) is 12.2 Å². The van der Waals surface area contributed by atoms with Crippen molar-refractivity contribution in [2.75, 3.05) is 6.61 Å². The first kappa shape index (κ1) is 5.03. The molecule has 0 bridgehead atoms. The van der Waals surface area contributed by atoms with Crippen LogP contribution in [-0.4, -0.2) is 18.9 Å². The Morgan fingerprint density at radius 2 is 2.50 bits per heavy atom. The standard InChI is InChI=1S/C5H3O3/c6-3-4-1-2-8-5(4)7/h1H,2H2. The number of carbonyl (C=O) groups is 1. The van der Waals surface area contributed by atoms with Gasteiger partial charge in [-0.25, -0.2) is 4.79 Å². The first-order valence-corrected chi connectivity index (χ1v) is 2.10. The lowest BCUT2D eigenvalue weighted by Gasteiger charge is -1.84. The normalized spacial score (nSPS) is 17.5. The van der Waals surface area contributed by atoms with E-state index < -0.39 is 5.97 Å². The maximum absolute atomic E-state index is 10.3. The maximum Gasteiger partial charge on any atom is 0.342 e. The molecule has 0 saturated carbocycles. The molecule has 0 N–H and O–H groups in total. The maximum atomic E-state index is 10.3. The predicted octanol–water partition coefficient (Wildman–Crippen LogP) is -0.421. The third-order valence-corrected chi connectivity index (χ3v) is 0.832. The van der Waals surface area contributed by atoms with Crippen LogP contribution in [0.3, 0.4) is 0 Å². The van der Waals surface area contributed by atoms with E-state index in [1.54, 1.807) is 0 Å². The summed E-state index contributed by atoms with van der Waals surface area (Å²) < 4.78 is 4.36. The van der Waals surface area contributed by atoms with Crippen LogP contribution >= 0.6 is 0 Å². The van der Waals surface area contributed by atoms with Crippen LogP contribution in [0.4, 0.5) is 0 Å². The van der Waals surface area contributed by atoms with Crippen molar-refractivity contribution in [2.24, 2.45) is 0 Å². The third-order valence-electron chi connectivity index (χ3n) is 0.832. The largest absolute Gasteiger partial charge is 0.458 e. The molecule has 41 valence electrons. The van der Waals surface area contributed by atoms with Gasteiger partial charge in [0, 0.05) is 0 Å². The summed E-state index contributed by atoms with van der Waals surface area (Å²) in [6.07, 6.45) is 2.85. The van der Waals surface area contributed by atoms with Gasteiger partial charge < -0.3 is 4.74 Å².